The average Bonchev–Trinajstić information content (AvgIpc) is 3.14. The Labute approximate surface area is 217 Å². The molecule has 1 saturated heterocycles. The molecule has 1 fully saturated rings. The lowest BCUT2D eigenvalue weighted by Crippen LogP contribution is -2.35. The number of amides is 1. The second-order valence-corrected chi connectivity index (χ2v) is 11.2. The van der Waals surface area contributed by atoms with Crippen LogP contribution in [-0.2, 0) is 21.2 Å². The fraction of sp³-hybridized carbons (Fsp3) is 0.318. The van der Waals surface area contributed by atoms with Crippen molar-refractivity contribution in [1.29, 1.82) is 0 Å². The molecular weight excluding hydrogens is 528 g/mol. The second kappa shape index (κ2) is 10.9. The number of nitrogens with one attached hydrogen (secondary N) is 1. The summed E-state index contributed by atoms with van der Waals surface area (Å²) in [6, 6.07) is 10.7. The summed E-state index contributed by atoms with van der Waals surface area (Å²) >= 11 is 7.37. The number of rotatable bonds is 7. The van der Waals surface area contributed by atoms with Crippen LogP contribution in [0.1, 0.15) is 24.7 Å². The van der Waals surface area contributed by atoms with Crippen LogP contribution in [0.4, 0.5) is 16.5 Å². The van der Waals surface area contributed by atoms with E-state index in [0.29, 0.717) is 48.3 Å². The van der Waals surface area contributed by atoms with E-state index in [-0.39, 0.29) is 34.5 Å². The van der Waals surface area contributed by atoms with Crippen molar-refractivity contribution >= 4 is 55.6 Å². The summed E-state index contributed by atoms with van der Waals surface area (Å²) in [4.78, 5) is 28.7. The maximum atomic E-state index is 13.2. The first-order valence-corrected chi connectivity index (χ1v) is 13.6. The molecule has 11 nitrogen and oxygen atoms in total. The van der Waals surface area contributed by atoms with Crippen LogP contribution in [0.3, 0.4) is 0 Å². The maximum Gasteiger partial charge on any atom is 0.273 e. The highest BCUT2D eigenvalue weighted by Crippen LogP contribution is 2.29. The summed E-state index contributed by atoms with van der Waals surface area (Å²) in [6.07, 6.45) is 0.813. The topological polar surface area (TPSA) is 139 Å². The normalized spacial score (nSPS) is 14.9. The predicted molar refractivity (Wildman–Crippen MR) is 137 cm³/mol. The number of hydrogen-bond acceptors (Lipinski definition) is 9. The molecule has 0 radical (unpaired) electrons. The number of carbonyl (C=O) groups is 1. The molecule has 2 aromatic carbocycles. The van der Waals surface area contributed by atoms with E-state index in [1.807, 2.05) is 4.90 Å². The molecule has 0 bridgehead atoms. The van der Waals surface area contributed by atoms with Gasteiger partial charge in [-0.15, -0.1) is 0 Å². The van der Waals surface area contributed by atoms with Crippen LogP contribution in [0.2, 0.25) is 5.02 Å². The van der Waals surface area contributed by atoms with Gasteiger partial charge in [0.1, 0.15) is 5.82 Å². The minimum Gasteiger partial charge on any atom is -0.345 e. The van der Waals surface area contributed by atoms with Gasteiger partial charge < -0.3 is 10.2 Å². The summed E-state index contributed by atoms with van der Waals surface area (Å²) in [5, 5.41) is 14.6. The SMILES string of the molecule is CC(=O)Nc1ccc(S(=O)(=O)N2CCCN(c3nc(Cc4ccccc4[N+](=O)[O-])ns3)CC2)cc1Cl. The molecule has 0 aliphatic carbocycles. The molecule has 1 aliphatic rings. The number of nitro groups is 1. The lowest BCUT2D eigenvalue weighted by molar-refractivity contribution is -0.385. The highest BCUT2D eigenvalue weighted by atomic mass is 35.5. The first-order chi connectivity index (χ1) is 17.1. The van der Waals surface area contributed by atoms with Crippen molar-refractivity contribution in [3.63, 3.8) is 0 Å². The van der Waals surface area contributed by atoms with Crippen molar-refractivity contribution in [3.8, 4) is 0 Å². The smallest absolute Gasteiger partial charge is 0.273 e. The molecule has 3 aromatic rings. The van der Waals surface area contributed by atoms with Crippen molar-refractivity contribution in [2.75, 3.05) is 36.4 Å². The zero-order valence-electron chi connectivity index (χ0n) is 19.3. The number of nitro benzene ring substituents is 1. The third kappa shape index (κ3) is 5.81. The van der Waals surface area contributed by atoms with Crippen LogP contribution in [0.5, 0.6) is 0 Å². The summed E-state index contributed by atoms with van der Waals surface area (Å²) in [5.41, 5.74) is 0.899. The lowest BCUT2D eigenvalue weighted by atomic mass is 10.1. The first-order valence-electron chi connectivity index (χ1n) is 11.0. The van der Waals surface area contributed by atoms with Gasteiger partial charge in [0, 0.05) is 62.7 Å². The second-order valence-electron chi connectivity index (χ2n) is 8.12. The van der Waals surface area contributed by atoms with Gasteiger partial charge in [-0.05, 0) is 24.6 Å². The number of hydrogen-bond donors (Lipinski definition) is 1. The van der Waals surface area contributed by atoms with Gasteiger partial charge in [0.25, 0.3) is 5.69 Å². The first kappa shape index (κ1) is 25.9. The van der Waals surface area contributed by atoms with Crippen molar-refractivity contribution in [2.24, 2.45) is 0 Å². The molecule has 4 rings (SSSR count). The van der Waals surface area contributed by atoms with Crippen molar-refractivity contribution in [2.45, 2.75) is 24.7 Å². The summed E-state index contributed by atoms with van der Waals surface area (Å²) in [7, 11) is -3.79. The van der Waals surface area contributed by atoms with E-state index in [4.69, 9.17) is 11.6 Å². The Morgan fingerprint density at radius 1 is 1.19 bits per heavy atom. The molecule has 2 heterocycles. The highest BCUT2D eigenvalue weighted by Gasteiger charge is 2.28. The maximum absolute atomic E-state index is 13.2. The van der Waals surface area contributed by atoms with E-state index in [0.717, 1.165) is 0 Å². The molecule has 0 spiro atoms. The Kier molecular flexibility index (Phi) is 7.83. The van der Waals surface area contributed by atoms with Crippen molar-refractivity contribution in [3.05, 3.63) is 69.0 Å². The molecule has 0 unspecified atom stereocenters. The molecule has 36 heavy (non-hydrogen) atoms. The Morgan fingerprint density at radius 3 is 2.69 bits per heavy atom. The third-order valence-corrected chi connectivity index (χ3v) is 8.63. The van der Waals surface area contributed by atoms with Crippen LogP contribution < -0.4 is 10.2 Å². The minimum atomic E-state index is -3.79. The number of halogens is 1. The van der Waals surface area contributed by atoms with Gasteiger partial charge in [-0.3, -0.25) is 14.9 Å². The number of nitrogens with zero attached hydrogens (tertiary/aromatic N) is 5. The molecule has 1 aromatic heterocycles. The van der Waals surface area contributed by atoms with E-state index in [2.05, 4.69) is 14.7 Å². The summed E-state index contributed by atoms with van der Waals surface area (Å²) in [5.74, 6) is 0.175. The van der Waals surface area contributed by atoms with E-state index in [1.165, 1.54) is 47.0 Å². The fourth-order valence-corrected chi connectivity index (χ4v) is 6.40. The van der Waals surface area contributed by atoms with Crippen LogP contribution in [0.25, 0.3) is 0 Å². The predicted octanol–water partition coefficient (Wildman–Crippen LogP) is 3.55. The van der Waals surface area contributed by atoms with Gasteiger partial charge >= 0.3 is 0 Å². The summed E-state index contributed by atoms with van der Waals surface area (Å²) in [6.45, 7) is 2.92. The number of sulfonamides is 1. The minimum absolute atomic E-state index is 0.0229. The van der Waals surface area contributed by atoms with E-state index in [1.54, 1.807) is 18.2 Å². The average molecular weight is 551 g/mol. The quantitative estimate of drug-likeness (QED) is 0.348. The van der Waals surface area contributed by atoms with Gasteiger partial charge in [-0.2, -0.15) is 8.68 Å². The monoisotopic (exact) mass is 550 g/mol. The van der Waals surface area contributed by atoms with E-state index < -0.39 is 14.9 Å². The van der Waals surface area contributed by atoms with Gasteiger partial charge in [0.2, 0.25) is 21.1 Å². The van der Waals surface area contributed by atoms with Crippen molar-refractivity contribution in [1.82, 2.24) is 13.7 Å². The zero-order chi connectivity index (χ0) is 25.9. The van der Waals surface area contributed by atoms with Crippen molar-refractivity contribution < 1.29 is 18.1 Å². The number of aromatic nitrogens is 2. The standard InChI is InChI=1S/C22H23ClN6O5S2/c1-15(30)24-19-8-7-17(14-18(19)23)36(33,34)28-10-4-9-27(11-12-28)22-25-21(26-35-22)13-16-5-2-3-6-20(16)29(31)32/h2-3,5-8,14H,4,9-13H2,1H3,(H,24,30). The largest absolute Gasteiger partial charge is 0.345 e. The van der Waals surface area contributed by atoms with Gasteiger partial charge in [-0.1, -0.05) is 29.8 Å². The zero-order valence-corrected chi connectivity index (χ0v) is 21.6. The van der Waals surface area contributed by atoms with E-state index >= 15 is 0 Å². The molecular formula is C22H23ClN6O5S2. The van der Waals surface area contributed by atoms with Crippen LogP contribution in [0.15, 0.2) is 47.4 Å². The summed E-state index contributed by atoms with van der Waals surface area (Å²) < 4.78 is 32.3. The molecule has 1 aliphatic heterocycles. The molecule has 0 atom stereocenters. The Morgan fingerprint density at radius 2 is 1.97 bits per heavy atom. The number of anilines is 2. The number of benzene rings is 2. The van der Waals surface area contributed by atoms with E-state index in [9.17, 15) is 23.3 Å². The molecule has 14 heteroatoms. The Bertz CT molecular complexity index is 1400. The fourth-order valence-electron chi connectivity index (χ4n) is 3.88. The van der Waals surface area contributed by atoms with Gasteiger partial charge in [-0.25, -0.2) is 13.4 Å². The Hall–Kier alpha value is -3.13. The molecule has 190 valence electrons. The highest BCUT2D eigenvalue weighted by molar-refractivity contribution is 7.89. The lowest BCUT2D eigenvalue weighted by Gasteiger charge is -2.21. The van der Waals surface area contributed by atoms with Gasteiger partial charge in [0.05, 0.1) is 20.5 Å². The molecule has 1 amide bonds. The van der Waals surface area contributed by atoms with Crippen LogP contribution in [-0.4, -0.2) is 59.1 Å². The number of para-hydroxylation sites is 1. The molecule has 1 N–H and O–H groups in total. The Balaban J connectivity index is 1.45. The molecule has 0 saturated carbocycles. The number of carbonyl (C=O) groups excluding carboxylic acids is 1. The van der Waals surface area contributed by atoms with Gasteiger partial charge in [0.15, 0.2) is 0 Å². The third-order valence-electron chi connectivity index (χ3n) is 5.61. The van der Waals surface area contributed by atoms with Crippen LogP contribution in [0, 0.1) is 10.1 Å². The van der Waals surface area contributed by atoms with Crippen LogP contribution >= 0.6 is 23.1 Å².